The number of rotatable bonds is 3. The Morgan fingerprint density at radius 1 is 1.06 bits per heavy atom. The van der Waals surface area contributed by atoms with Crippen molar-refractivity contribution in [2.45, 2.75) is 12.8 Å². The van der Waals surface area contributed by atoms with E-state index in [1.165, 1.54) is 42.6 Å². The van der Waals surface area contributed by atoms with Crippen molar-refractivity contribution in [1.29, 1.82) is 0 Å². The SMILES string of the molecule is Brc1ccccc1N1CCN(CC2CC2)CC1. The number of halogens is 1. The Bertz CT molecular complexity index is 382. The third-order valence-corrected chi connectivity index (χ3v) is 4.45. The van der Waals surface area contributed by atoms with Gasteiger partial charge in [0.1, 0.15) is 0 Å². The topological polar surface area (TPSA) is 6.48 Å². The first-order valence-electron chi connectivity index (χ1n) is 6.55. The molecule has 0 atom stereocenters. The molecule has 2 aliphatic rings. The molecule has 0 bridgehead atoms. The maximum atomic E-state index is 3.64. The average molecular weight is 295 g/mol. The van der Waals surface area contributed by atoms with Gasteiger partial charge in [-0.1, -0.05) is 12.1 Å². The monoisotopic (exact) mass is 294 g/mol. The van der Waals surface area contributed by atoms with Gasteiger partial charge in [0.25, 0.3) is 0 Å². The Labute approximate surface area is 112 Å². The molecule has 0 N–H and O–H groups in total. The minimum absolute atomic E-state index is 1.02. The highest BCUT2D eigenvalue weighted by Crippen LogP contribution is 2.31. The van der Waals surface area contributed by atoms with Gasteiger partial charge in [-0.15, -0.1) is 0 Å². The molecule has 1 saturated heterocycles. The van der Waals surface area contributed by atoms with Gasteiger partial charge in [0.2, 0.25) is 0 Å². The van der Waals surface area contributed by atoms with E-state index in [9.17, 15) is 0 Å². The molecule has 1 aromatic rings. The molecule has 3 rings (SSSR count). The van der Waals surface area contributed by atoms with Crippen LogP contribution in [-0.2, 0) is 0 Å². The molecule has 1 aromatic carbocycles. The first-order valence-corrected chi connectivity index (χ1v) is 7.34. The summed E-state index contributed by atoms with van der Waals surface area (Å²) >= 11 is 3.64. The molecule has 0 unspecified atom stereocenters. The Morgan fingerprint density at radius 3 is 2.41 bits per heavy atom. The van der Waals surface area contributed by atoms with Crippen LogP contribution in [0.5, 0.6) is 0 Å². The van der Waals surface area contributed by atoms with Crippen LogP contribution < -0.4 is 4.90 Å². The molecule has 0 spiro atoms. The first-order chi connectivity index (χ1) is 8.33. The van der Waals surface area contributed by atoms with E-state index in [4.69, 9.17) is 0 Å². The van der Waals surface area contributed by atoms with Crippen molar-refractivity contribution >= 4 is 21.6 Å². The van der Waals surface area contributed by atoms with Crippen LogP contribution in [0.25, 0.3) is 0 Å². The number of para-hydroxylation sites is 1. The minimum Gasteiger partial charge on any atom is -0.368 e. The second kappa shape index (κ2) is 4.99. The number of benzene rings is 1. The van der Waals surface area contributed by atoms with Gasteiger partial charge < -0.3 is 4.90 Å². The lowest BCUT2D eigenvalue weighted by molar-refractivity contribution is 0.248. The predicted molar refractivity (Wildman–Crippen MR) is 75.5 cm³/mol. The summed E-state index contributed by atoms with van der Waals surface area (Å²) in [6.45, 7) is 6.10. The van der Waals surface area contributed by atoms with Gasteiger partial charge in [-0.3, -0.25) is 4.90 Å². The Morgan fingerprint density at radius 2 is 1.76 bits per heavy atom. The molecule has 1 heterocycles. The summed E-state index contributed by atoms with van der Waals surface area (Å²) in [6.07, 6.45) is 2.93. The second-order valence-electron chi connectivity index (χ2n) is 5.18. The van der Waals surface area contributed by atoms with Gasteiger partial charge >= 0.3 is 0 Å². The van der Waals surface area contributed by atoms with Gasteiger partial charge in [0, 0.05) is 37.2 Å². The third kappa shape index (κ3) is 2.83. The largest absolute Gasteiger partial charge is 0.368 e. The standard InChI is InChI=1S/C14H19BrN2/c15-13-3-1-2-4-14(13)17-9-7-16(8-10-17)11-12-5-6-12/h1-4,12H,5-11H2. The van der Waals surface area contributed by atoms with E-state index in [0.717, 1.165) is 19.0 Å². The van der Waals surface area contributed by atoms with Crippen LogP contribution in [0.3, 0.4) is 0 Å². The molecule has 17 heavy (non-hydrogen) atoms. The molecule has 0 amide bonds. The summed E-state index contributed by atoms with van der Waals surface area (Å²) in [5, 5.41) is 0. The lowest BCUT2D eigenvalue weighted by atomic mass is 10.2. The van der Waals surface area contributed by atoms with Crippen molar-refractivity contribution in [3.8, 4) is 0 Å². The van der Waals surface area contributed by atoms with E-state index in [1.54, 1.807) is 0 Å². The minimum atomic E-state index is 1.02. The quantitative estimate of drug-likeness (QED) is 0.846. The third-order valence-electron chi connectivity index (χ3n) is 3.78. The van der Waals surface area contributed by atoms with Crippen molar-refractivity contribution in [3.63, 3.8) is 0 Å². The number of anilines is 1. The molecule has 1 aliphatic carbocycles. The number of piperazine rings is 1. The van der Waals surface area contributed by atoms with Crippen LogP contribution in [0.15, 0.2) is 28.7 Å². The molecule has 92 valence electrons. The Hall–Kier alpha value is -0.540. The van der Waals surface area contributed by atoms with E-state index in [0.29, 0.717) is 0 Å². The van der Waals surface area contributed by atoms with Gasteiger partial charge in [-0.25, -0.2) is 0 Å². The van der Waals surface area contributed by atoms with Crippen molar-refractivity contribution in [3.05, 3.63) is 28.7 Å². The average Bonchev–Trinajstić information content (AvgIpc) is 3.15. The van der Waals surface area contributed by atoms with E-state index in [2.05, 4.69) is 50.0 Å². The zero-order valence-electron chi connectivity index (χ0n) is 10.1. The van der Waals surface area contributed by atoms with E-state index >= 15 is 0 Å². The number of nitrogens with zero attached hydrogens (tertiary/aromatic N) is 2. The molecule has 3 heteroatoms. The summed E-state index contributed by atoms with van der Waals surface area (Å²) in [5.74, 6) is 1.02. The summed E-state index contributed by atoms with van der Waals surface area (Å²) in [6, 6.07) is 8.54. The summed E-state index contributed by atoms with van der Waals surface area (Å²) in [4.78, 5) is 5.12. The molecule has 0 aromatic heterocycles. The van der Waals surface area contributed by atoms with Gasteiger partial charge in [-0.2, -0.15) is 0 Å². The maximum absolute atomic E-state index is 3.64. The summed E-state index contributed by atoms with van der Waals surface area (Å²) in [7, 11) is 0. The van der Waals surface area contributed by atoms with Crippen LogP contribution >= 0.6 is 15.9 Å². The fourth-order valence-electron chi connectivity index (χ4n) is 2.55. The normalized spacial score (nSPS) is 21.8. The molecule has 0 radical (unpaired) electrons. The van der Waals surface area contributed by atoms with Crippen molar-refractivity contribution in [1.82, 2.24) is 4.90 Å². The van der Waals surface area contributed by atoms with Crippen LogP contribution in [0.1, 0.15) is 12.8 Å². The van der Waals surface area contributed by atoms with E-state index in [1.807, 2.05) is 0 Å². The number of hydrogen-bond acceptors (Lipinski definition) is 2. The van der Waals surface area contributed by atoms with Crippen LogP contribution in [0.4, 0.5) is 5.69 Å². The molecule has 2 fully saturated rings. The van der Waals surface area contributed by atoms with E-state index < -0.39 is 0 Å². The predicted octanol–water partition coefficient (Wildman–Crippen LogP) is 2.98. The highest BCUT2D eigenvalue weighted by atomic mass is 79.9. The van der Waals surface area contributed by atoms with Gasteiger partial charge in [0.15, 0.2) is 0 Å². The van der Waals surface area contributed by atoms with Crippen molar-refractivity contribution in [2.75, 3.05) is 37.6 Å². The molecule has 1 aliphatic heterocycles. The fraction of sp³-hybridized carbons (Fsp3) is 0.571. The number of hydrogen-bond donors (Lipinski definition) is 0. The Kier molecular flexibility index (Phi) is 3.39. The van der Waals surface area contributed by atoms with Gasteiger partial charge in [-0.05, 0) is 46.8 Å². The zero-order valence-corrected chi connectivity index (χ0v) is 11.7. The first kappa shape index (κ1) is 11.5. The highest BCUT2D eigenvalue weighted by molar-refractivity contribution is 9.10. The van der Waals surface area contributed by atoms with Crippen LogP contribution in [0.2, 0.25) is 0 Å². The van der Waals surface area contributed by atoms with Crippen molar-refractivity contribution in [2.24, 2.45) is 5.92 Å². The molecular formula is C14H19BrN2. The van der Waals surface area contributed by atoms with Crippen LogP contribution in [-0.4, -0.2) is 37.6 Å². The molecular weight excluding hydrogens is 276 g/mol. The highest BCUT2D eigenvalue weighted by Gasteiger charge is 2.26. The Balaban J connectivity index is 1.58. The summed E-state index contributed by atoms with van der Waals surface area (Å²) < 4.78 is 1.22. The zero-order chi connectivity index (χ0) is 11.7. The van der Waals surface area contributed by atoms with Crippen LogP contribution in [0, 0.1) is 5.92 Å². The summed E-state index contributed by atoms with van der Waals surface area (Å²) in [5.41, 5.74) is 1.35. The maximum Gasteiger partial charge on any atom is 0.0511 e. The fourth-order valence-corrected chi connectivity index (χ4v) is 3.08. The second-order valence-corrected chi connectivity index (χ2v) is 6.04. The molecule has 2 nitrogen and oxygen atoms in total. The lowest BCUT2D eigenvalue weighted by Gasteiger charge is -2.36. The van der Waals surface area contributed by atoms with E-state index in [-0.39, 0.29) is 0 Å². The van der Waals surface area contributed by atoms with Gasteiger partial charge in [0.05, 0.1) is 5.69 Å². The molecule has 1 saturated carbocycles. The lowest BCUT2D eigenvalue weighted by Crippen LogP contribution is -2.47. The smallest absolute Gasteiger partial charge is 0.0511 e. The van der Waals surface area contributed by atoms with Crippen molar-refractivity contribution < 1.29 is 0 Å².